The summed E-state index contributed by atoms with van der Waals surface area (Å²) < 4.78 is 25.3. The summed E-state index contributed by atoms with van der Waals surface area (Å²) in [7, 11) is 0.546. The van der Waals surface area contributed by atoms with E-state index in [9.17, 15) is 24.1 Å². The number of rotatable bonds is 7. The molecule has 0 radical (unpaired) electrons. The first-order chi connectivity index (χ1) is 18.3. The molecule has 2 fully saturated rings. The normalized spacial score (nSPS) is 25.6. The number of nitrogens with zero attached hydrogens (tertiary/aromatic N) is 1. The Morgan fingerprint density at radius 2 is 1.95 bits per heavy atom. The van der Waals surface area contributed by atoms with Gasteiger partial charge in [-0.05, 0) is 79.4 Å². The van der Waals surface area contributed by atoms with Crippen LogP contribution in [0.1, 0.15) is 31.7 Å². The molecule has 2 aromatic carbocycles. The van der Waals surface area contributed by atoms with Crippen LogP contribution in [0.15, 0.2) is 65.3 Å². The van der Waals surface area contributed by atoms with E-state index in [4.69, 9.17) is 9.39 Å². The number of hydrogen-bond donors (Lipinski definition) is 2. The van der Waals surface area contributed by atoms with Gasteiger partial charge in [-0.2, -0.15) is 0 Å². The summed E-state index contributed by atoms with van der Waals surface area (Å²) in [5, 5.41) is 20.1. The van der Waals surface area contributed by atoms with E-state index in [2.05, 4.69) is 0 Å². The number of allylic oxidation sites excluding steroid dienone is 1. The SMILES string of the molecule is COCC1=C2[C@@H](CC/C(C)=C/c3ccc(O)c(F)c3)OB(O)C[C@@H]2[C@@H]2C(=O)N(c3ccccc3)C(=O)[C@@H]2C1. The fraction of sp³-hybridized carbons (Fsp3) is 0.379. The highest BCUT2D eigenvalue weighted by molar-refractivity contribution is 6.43. The van der Waals surface area contributed by atoms with Crippen molar-refractivity contribution in [2.75, 3.05) is 18.6 Å². The number of amides is 2. The first-order valence-electron chi connectivity index (χ1n) is 12.9. The first-order valence-corrected chi connectivity index (χ1v) is 12.9. The van der Waals surface area contributed by atoms with Gasteiger partial charge in [0, 0.05) is 7.11 Å². The third kappa shape index (κ3) is 4.93. The Balaban J connectivity index is 1.42. The van der Waals surface area contributed by atoms with Gasteiger partial charge in [0.2, 0.25) is 11.8 Å². The van der Waals surface area contributed by atoms with Crippen LogP contribution < -0.4 is 4.90 Å². The average molecular weight is 519 g/mol. The van der Waals surface area contributed by atoms with Gasteiger partial charge in [0.1, 0.15) is 0 Å². The number of halogens is 1. The number of anilines is 1. The van der Waals surface area contributed by atoms with Crippen molar-refractivity contribution in [2.24, 2.45) is 17.8 Å². The molecule has 1 aliphatic carbocycles. The van der Waals surface area contributed by atoms with E-state index >= 15 is 0 Å². The number of benzene rings is 2. The second-order valence-electron chi connectivity index (χ2n) is 10.3. The first kappa shape index (κ1) is 26.3. The molecule has 38 heavy (non-hydrogen) atoms. The number of para-hydroxylation sites is 1. The van der Waals surface area contributed by atoms with Crippen molar-refractivity contribution in [3.05, 3.63) is 76.6 Å². The quantitative estimate of drug-likeness (QED) is 0.321. The smallest absolute Gasteiger partial charge is 0.455 e. The van der Waals surface area contributed by atoms with E-state index < -0.39 is 36.6 Å². The molecule has 2 heterocycles. The molecule has 2 aromatic rings. The van der Waals surface area contributed by atoms with E-state index in [1.807, 2.05) is 19.1 Å². The number of phenols is 1. The van der Waals surface area contributed by atoms with Crippen molar-refractivity contribution < 1.29 is 33.5 Å². The van der Waals surface area contributed by atoms with Crippen LogP contribution in [0.4, 0.5) is 10.1 Å². The van der Waals surface area contributed by atoms with Gasteiger partial charge in [0.25, 0.3) is 0 Å². The topological polar surface area (TPSA) is 96.3 Å². The van der Waals surface area contributed by atoms with Gasteiger partial charge in [-0.15, -0.1) is 0 Å². The Labute approximate surface area is 221 Å². The molecule has 2 aliphatic heterocycles. The maximum Gasteiger partial charge on any atom is 0.455 e. The van der Waals surface area contributed by atoms with Crippen LogP contribution in [-0.4, -0.2) is 48.9 Å². The van der Waals surface area contributed by atoms with Crippen LogP contribution in [0, 0.1) is 23.6 Å². The van der Waals surface area contributed by atoms with Crippen LogP contribution in [0.5, 0.6) is 5.75 Å². The molecule has 0 spiro atoms. The molecular formula is C29H31BFNO6. The predicted molar refractivity (Wildman–Crippen MR) is 142 cm³/mol. The van der Waals surface area contributed by atoms with Crippen molar-refractivity contribution in [3.63, 3.8) is 0 Å². The third-order valence-electron chi connectivity index (χ3n) is 7.83. The molecule has 7 nitrogen and oxygen atoms in total. The van der Waals surface area contributed by atoms with Crippen LogP contribution >= 0.6 is 0 Å². The molecule has 9 heteroatoms. The minimum absolute atomic E-state index is 0.212. The second-order valence-corrected chi connectivity index (χ2v) is 10.3. The fourth-order valence-electron chi connectivity index (χ4n) is 6.23. The zero-order valence-corrected chi connectivity index (χ0v) is 21.5. The van der Waals surface area contributed by atoms with Crippen molar-refractivity contribution in [2.45, 2.75) is 38.6 Å². The highest BCUT2D eigenvalue weighted by Gasteiger charge is 2.57. The summed E-state index contributed by atoms with van der Waals surface area (Å²) in [6.45, 7) is 2.25. The number of aromatic hydroxyl groups is 1. The van der Waals surface area contributed by atoms with Crippen LogP contribution in [0.25, 0.3) is 6.08 Å². The number of imide groups is 1. The molecule has 2 N–H and O–H groups in total. The van der Waals surface area contributed by atoms with Gasteiger partial charge in [0.15, 0.2) is 11.6 Å². The Bertz CT molecular complexity index is 1300. The molecular weight excluding hydrogens is 488 g/mol. The van der Waals surface area contributed by atoms with Gasteiger partial charge < -0.3 is 19.5 Å². The zero-order valence-electron chi connectivity index (χ0n) is 21.5. The maximum atomic E-state index is 13.8. The number of methoxy groups -OCH3 is 1. The number of carbonyl (C=O) groups excluding carboxylic acids is 2. The summed E-state index contributed by atoms with van der Waals surface area (Å²) in [6, 6.07) is 13.2. The summed E-state index contributed by atoms with van der Waals surface area (Å²) in [5.74, 6) is -2.91. The third-order valence-corrected chi connectivity index (χ3v) is 7.83. The largest absolute Gasteiger partial charge is 0.505 e. The lowest BCUT2D eigenvalue weighted by Gasteiger charge is -2.43. The molecule has 2 saturated heterocycles. The summed E-state index contributed by atoms with van der Waals surface area (Å²) in [6.07, 6.45) is 3.20. The summed E-state index contributed by atoms with van der Waals surface area (Å²) in [5.41, 5.74) is 4.07. The van der Waals surface area contributed by atoms with E-state index in [0.717, 1.165) is 16.7 Å². The Kier molecular flexibility index (Phi) is 7.52. The van der Waals surface area contributed by atoms with Gasteiger partial charge in [-0.3, -0.25) is 14.5 Å². The van der Waals surface area contributed by atoms with E-state index in [1.165, 1.54) is 17.0 Å². The molecule has 5 rings (SSSR count). The summed E-state index contributed by atoms with van der Waals surface area (Å²) >= 11 is 0. The molecule has 4 atom stereocenters. The van der Waals surface area contributed by atoms with E-state index in [1.54, 1.807) is 37.4 Å². The molecule has 198 valence electrons. The zero-order chi connectivity index (χ0) is 27.0. The van der Waals surface area contributed by atoms with Crippen LogP contribution in [0.2, 0.25) is 6.32 Å². The Morgan fingerprint density at radius 3 is 2.66 bits per heavy atom. The highest BCUT2D eigenvalue weighted by Crippen LogP contribution is 2.51. The number of hydrogen-bond acceptors (Lipinski definition) is 6. The maximum absolute atomic E-state index is 13.8. The van der Waals surface area contributed by atoms with Gasteiger partial charge in [-0.25, -0.2) is 4.39 Å². The molecule has 0 bridgehead atoms. The highest BCUT2D eigenvalue weighted by atomic mass is 19.1. The van der Waals surface area contributed by atoms with Gasteiger partial charge >= 0.3 is 7.12 Å². The predicted octanol–water partition coefficient (Wildman–Crippen LogP) is 4.36. The number of phenolic OH excluding ortho intramolecular Hbond substituents is 1. The standard InChI is InChI=1S/C29H31BFNO6/c1-17(12-18-9-10-24(33)23(31)13-18)8-11-25-26-19(16-37-2)14-21-27(22(26)15-30(36)38-25)29(35)32(28(21)34)20-6-4-3-5-7-20/h3-7,9-10,12-13,21-22,25,27,33,36H,8,11,14-16H2,1-2H3/b17-12+/t21-,22+,25-,27-/m1/s1. The lowest BCUT2D eigenvalue weighted by molar-refractivity contribution is -0.122. The Morgan fingerprint density at radius 1 is 1.18 bits per heavy atom. The minimum atomic E-state index is -1.06. The van der Waals surface area contributed by atoms with Crippen LogP contribution in [0.3, 0.4) is 0 Å². The molecule has 0 unspecified atom stereocenters. The molecule has 0 saturated carbocycles. The van der Waals surface area contributed by atoms with Crippen molar-refractivity contribution >= 4 is 30.7 Å². The number of fused-ring (bicyclic) bond motifs is 3. The molecule has 3 aliphatic rings. The number of ether oxygens (including phenoxy) is 1. The number of carbonyl (C=O) groups is 2. The van der Waals surface area contributed by atoms with Crippen molar-refractivity contribution in [3.8, 4) is 5.75 Å². The summed E-state index contributed by atoms with van der Waals surface area (Å²) in [4.78, 5) is 28.4. The van der Waals surface area contributed by atoms with Crippen molar-refractivity contribution in [1.29, 1.82) is 0 Å². The lowest BCUT2D eigenvalue weighted by Crippen LogP contribution is -2.46. The minimum Gasteiger partial charge on any atom is -0.505 e. The second kappa shape index (κ2) is 10.8. The molecule has 0 aromatic heterocycles. The van der Waals surface area contributed by atoms with Gasteiger partial charge in [-0.1, -0.05) is 35.9 Å². The van der Waals surface area contributed by atoms with Gasteiger partial charge in [0.05, 0.1) is 30.2 Å². The monoisotopic (exact) mass is 519 g/mol. The van der Waals surface area contributed by atoms with Crippen LogP contribution in [-0.2, 0) is 19.0 Å². The fourth-order valence-corrected chi connectivity index (χ4v) is 6.23. The lowest BCUT2D eigenvalue weighted by atomic mass is 9.58. The Hall–Kier alpha value is -3.27. The van der Waals surface area contributed by atoms with E-state index in [0.29, 0.717) is 37.1 Å². The molecule has 2 amide bonds. The van der Waals surface area contributed by atoms with Crippen molar-refractivity contribution in [1.82, 2.24) is 0 Å². The van der Waals surface area contributed by atoms with E-state index in [-0.39, 0.29) is 24.1 Å². The average Bonchev–Trinajstić information content (AvgIpc) is 3.14.